The van der Waals surface area contributed by atoms with E-state index in [0.717, 1.165) is 18.4 Å². The summed E-state index contributed by atoms with van der Waals surface area (Å²) in [5, 5.41) is 3.59. The molecule has 2 heterocycles. The summed E-state index contributed by atoms with van der Waals surface area (Å²) in [7, 11) is 1.27. The highest BCUT2D eigenvalue weighted by molar-refractivity contribution is 7.89. The highest BCUT2D eigenvalue weighted by Crippen LogP contribution is 2.30. The molecule has 2 saturated heterocycles. The molecule has 1 amide bonds. The molecule has 3 rings (SSSR count). The van der Waals surface area contributed by atoms with E-state index in [1.54, 1.807) is 13.0 Å². The quantitative estimate of drug-likeness (QED) is 0.868. The predicted octanol–water partition coefficient (Wildman–Crippen LogP) is 1.91. The average Bonchev–Trinajstić information content (AvgIpc) is 2.93. The Hall–Kier alpha value is -1.44. The van der Waals surface area contributed by atoms with E-state index in [9.17, 15) is 13.2 Å². The largest absolute Gasteiger partial charge is 0.339 e. The summed E-state index contributed by atoms with van der Waals surface area (Å²) < 4.78 is 26.5. The summed E-state index contributed by atoms with van der Waals surface area (Å²) >= 11 is 0. The van der Waals surface area contributed by atoms with Crippen molar-refractivity contribution in [2.45, 2.75) is 62.6 Å². The van der Waals surface area contributed by atoms with Gasteiger partial charge in [-0.25, -0.2) is 12.7 Å². The molecule has 144 valence electrons. The first-order valence-electron chi connectivity index (χ1n) is 9.18. The molecule has 26 heavy (non-hydrogen) atoms. The zero-order valence-electron chi connectivity index (χ0n) is 16.2. The summed E-state index contributed by atoms with van der Waals surface area (Å²) in [4.78, 5) is 15.1. The highest BCUT2D eigenvalue weighted by atomic mass is 32.2. The Morgan fingerprint density at radius 3 is 2.19 bits per heavy atom. The number of sulfonamides is 1. The van der Waals surface area contributed by atoms with E-state index in [0.29, 0.717) is 23.2 Å². The molecule has 0 saturated carbocycles. The third kappa shape index (κ3) is 3.40. The lowest BCUT2D eigenvalue weighted by Crippen LogP contribution is -2.48. The number of carbonyl (C=O) groups is 1. The second-order valence-corrected chi connectivity index (χ2v) is 10.0. The fourth-order valence-corrected chi connectivity index (χ4v) is 5.35. The van der Waals surface area contributed by atoms with E-state index in [1.165, 1.54) is 37.3 Å². The maximum atomic E-state index is 13.1. The van der Waals surface area contributed by atoms with Crippen LogP contribution in [-0.4, -0.2) is 62.8 Å². The van der Waals surface area contributed by atoms with Gasteiger partial charge in [-0.1, -0.05) is 0 Å². The number of nitrogens with zero attached hydrogens (tertiary/aromatic N) is 2. The van der Waals surface area contributed by atoms with Crippen molar-refractivity contribution in [2.75, 3.05) is 21.1 Å². The molecule has 1 aromatic carbocycles. The third-order valence-electron chi connectivity index (χ3n) is 5.94. The SMILES string of the molecule is Cc1cc(C(=O)N(C)C2CC3CCC(C2)N3)cc(S(=O)(=O)N(C)C)c1C. The molecule has 6 nitrogen and oxygen atoms in total. The van der Waals surface area contributed by atoms with E-state index in [2.05, 4.69) is 5.32 Å². The van der Waals surface area contributed by atoms with Crippen LogP contribution in [0.25, 0.3) is 0 Å². The first-order chi connectivity index (χ1) is 12.1. The van der Waals surface area contributed by atoms with E-state index in [4.69, 9.17) is 0 Å². The molecule has 2 bridgehead atoms. The van der Waals surface area contributed by atoms with Gasteiger partial charge in [0.15, 0.2) is 0 Å². The van der Waals surface area contributed by atoms with Crippen molar-refractivity contribution < 1.29 is 13.2 Å². The average molecular weight is 380 g/mol. The summed E-state index contributed by atoms with van der Waals surface area (Å²) in [6, 6.07) is 4.54. The molecule has 0 aliphatic carbocycles. The second-order valence-electron chi connectivity index (χ2n) is 7.88. The molecule has 0 aromatic heterocycles. The second kappa shape index (κ2) is 6.94. The van der Waals surface area contributed by atoms with Crippen molar-refractivity contribution in [1.29, 1.82) is 0 Å². The van der Waals surface area contributed by atoms with Gasteiger partial charge in [-0.2, -0.15) is 0 Å². The number of amides is 1. The molecule has 1 N–H and O–H groups in total. The Kier molecular flexibility index (Phi) is 5.16. The molecule has 1 aromatic rings. The summed E-state index contributed by atoms with van der Waals surface area (Å²) in [6.07, 6.45) is 4.29. The molecular formula is C19H29N3O3S. The van der Waals surface area contributed by atoms with E-state index >= 15 is 0 Å². The Morgan fingerprint density at radius 1 is 1.08 bits per heavy atom. The Balaban J connectivity index is 1.91. The van der Waals surface area contributed by atoms with Crippen LogP contribution in [0.1, 0.15) is 47.2 Å². The van der Waals surface area contributed by atoms with Crippen molar-refractivity contribution in [3.05, 3.63) is 28.8 Å². The van der Waals surface area contributed by atoms with Gasteiger partial charge in [0, 0.05) is 44.8 Å². The molecule has 0 spiro atoms. The van der Waals surface area contributed by atoms with Gasteiger partial charge in [0.2, 0.25) is 10.0 Å². The topological polar surface area (TPSA) is 69.7 Å². The van der Waals surface area contributed by atoms with E-state index in [-0.39, 0.29) is 16.8 Å². The van der Waals surface area contributed by atoms with Crippen LogP contribution >= 0.6 is 0 Å². The van der Waals surface area contributed by atoms with Gasteiger partial charge in [0.1, 0.15) is 0 Å². The summed E-state index contributed by atoms with van der Waals surface area (Å²) in [5.74, 6) is -0.102. The van der Waals surface area contributed by atoms with E-state index in [1.807, 2.05) is 18.9 Å². The smallest absolute Gasteiger partial charge is 0.253 e. The number of hydrogen-bond donors (Lipinski definition) is 1. The van der Waals surface area contributed by atoms with Crippen LogP contribution in [-0.2, 0) is 10.0 Å². The van der Waals surface area contributed by atoms with Gasteiger partial charge in [0.25, 0.3) is 5.91 Å². The van der Waals surface area contributed by atoms with Crippen LogP contribution in [0, 0.1) is 13.8 Å². The maximum Gasteiger partial charge on any atom is 0.253 e. The summed E-state index contributed by atoms with van der Waals surface area (Å²) in [5.41, 5.74) is 1.95. The number of hydrogen-bond acceptors (Lipinski definition) is 4. The maximum absolute atomic E-state index is 13.1. The molecule has 0 radical (unpaired) electrons. The zero-order valence-corrected chi connectivity index (χ0v) is 17.1. The fourth-order valence-electron chi connectivity index (χ4n) is 4.13. The first kappa shape index (κ1) is 19.3. The minimum absolute atomic E-state index is 0.102. The van der Waals surface area contributed by atoms with Crippen LogP contribution in [0.15, 0.2) is 17.0 Å². The van der Waals surface area contributed by atoms with Gasteiger partial charge < -0.3 is 10.2 Å². The lowest BCUT2D eigenvalue weighted by Gasteiger charge is -2.35. The van der Waals surface area contributed by atoms with Gasteiger partial charge in [-0.15, -0.1) is 0 Å². The number of fused-ring (bicyclic) bond motifs is 2. The standard InChI is InChI=1S/C19H29N3O3S/c1-12-8-14(9-18(13(12)2)26(24,25)21(3)4)19(23)22(5)17-10-15-6-7-16(11-17)20-15/h8-9,15-17,20H,6-7,10-11H2,1-5H3. The number of rotatable bonds is 4. The van der Waals surface area contributed by atoms with Crippen molar-refractivity contribution in [3.8, 4) is 0 Å². The Labute approximate surface area is 156 Å². The molecular weight excluding hydrogens is 350 g/mol. The number of piperidine rings is 1. The summed E-state index contributed by atoms with van der Waals surface area (Å²) in [6.45, 7) is 3.64. The van der Waals surface area contributed by atoms with Gasteiger partial charge in [0.05, 0.1) is 4.90 Å². The first-order valence-corrected chi connectivity index (χ1v) is 10.6. The minimum atomic E-state index is -3.59. The number of carbonyl (C=O) groups excluding carboxylic acids is 1. The van der Waals surface area contributed by atoms with Crippen molar-refractivity contribution in [2.24, 2.45) is 0 Å². The Bertz CT molecular complexity index is 808. The van der Waals surface area contributed by atoms with Crippen molar-refractivity contribution in [1.82, 2.24) is 14.5 Å². The van der Waals surface area contributed by atoms with Crippen LogP contribution in [0.2, 0.25) is 0 Å². The molecule has 2 aliphatic heterocycles. The number of aryl methyl sites for hydroxylation is 1. The highest BCUT2D eigenvalue weighted by Gasteiger charge is 2.36. The van der Waals surface area contributed by atoms with Crippen LogP contribution in [0.5, 0.6) is 0 Å². The van der Waals surface area contributed by atoms with Crippen molar-refractivity contribution in [3.63, 3.8) is 0 Å². The van der Waals surface area contributed by atoms with Crippen LogP contribution in [0.3, 0.4) is 0 Å². The zero-order chi connectivity index (χ0) is 19.2. The van der Waals surface area contributed by atoms with Crippen LogP contribution < -0.4 is 5.32 Å². The molecule has 7 heteroatoms. The monoisotopic (exact) mass is 379 g/mol. The number of nitrogens with one attached hydrogen (secondary N) is 1. The van der Waals surface area contributed by atoms with Crippen molar-refractivity contribution >= 4 is 15.9 Å². The van der Waals surface area contributed by atoms with Gasteiger partial charge in [-0.3, -0.25) is 4.79 Å². The van der Waals surface area contributed by atoms with Crippen LogP contribution in [0.4, 0.5) is 0 Å². The van der Waals surface area contributed by atoms with Gasteiger partial charge >= 0.3 is 0 Å². The van der Waals surface area contributed by atoms with Gasteiger partial charge in [-0.05, 0) is 62.8 Å². The predicted molar refractivity (Wildman–Crippen MR) is 102 cm³/mol. The molecule has 2 unspecified atom stereocenters. The normalized spacial score (nSPS) is 25.5. The number of benzene rings is 1. The van der Waals surface area contributed by atoms with E-state index < -0.39 is 10.0 Å². The minimum Gasteiger partial charge on any atom is -0.339 e. The lowest BCUT2D eigenvalue weighted by molar-refractivity contribution is 0.0681. The third-order valence-corrected chi connectivity index (χ3v) is 7.88. The Morgan fingerprint density at radius 2 is 1.65 bits per heavy atom. The molecule has 2 fully saturated rings. The lowest BCUT2D eigenvalue weighted by atomic mass is 9.97. The molecule has 2 aliphatic rings. The molecule has 2 atom stereocenters. The fraction of sp³-hybridized carbons (Fsp3) is 0.632.